The molecule has 2 aromatic rings. The smallest absolute Gasteiger partial charge is 0.202 e. The molecular weight excluding hydrogens is 344 g/mol. The first kappa shape index (κ1) is 17.3. The van der Waals surface area contributed by atoms with Crippen molar-refractivity contribution in [1.82, 2.24) is 14.3 Å². The minimum Gasteiger partial charge on any atom is -0.313 e. The number of benzene rings is 1. The number of rotatable bonds is 5. The zero-order valence-corrected chi connectivity index (χ0v) is 15.6. The van der Waals surface area contributed by atoms with Crippen LogP contribution in [0, 0.1) is 4.77 Å². The Morgan fingerprint density at radius 3 is 2.62 bits per heavy atom. The van der Waals surface area contributed by atoms with Crippen LogP contribution in [-0.4, -0.2) is 46.9 Å². The Morgan fingerprint density at radius 1 is 1.33 bits per heavy atom. The molecule has 1 aromatic heterocycles. The van der Waals surface area contributed by atoms with Crippen molar-refractivity contribution in [2.24, 2.45) is 7.05 Å². The lowest BCUT2D eigenvalue weighted by molar-refractivity contribution is -0.943. The summed E-state index contributed by atoms with van der Waals surface area (Å²) in [6, 6.07) is 10.1. The van der Waals surface area contributed by atoms with Gasteiger partial charge in [-0.15, -0.1) is 5.10 Å². The second-order valence-corrected chi connectivity index (χ2v) is 8.89. The molecule has 0 saturated carbocycles. The molecule has 6 nitrogen and oxygen atoms in total. The van der Waals surface area contributed by atoms with Crippen molar-refractivity contribution in [1.29, 1.82) is 0 Å². The van der Waals surface area contributed by atoms with Crippen molar-refractivity contribution < 1.29 is 13.3 Å². The Morgan fingerprint density at radius 2 is 2.04 bits per heavy atom. The van der Waals surface area contributed by atoms with Crippen LogP contribution in [0.15, 0.2) is 30.3 Å². The molecule has 130 valence electrons. The normalized spacial score (nSPS) is 21.0. The second-order valence-electron chi connectivity index (χ2n) is 6.30. The van der Waals surface area contributed by atoms with Gasteiger partial charge < -0.3 is 9.47 Å². The van der Waals surface area contributed by atoms with Crippen LogP contribution in [0.25, 0.3) is 11.4 Å². The number of hydrogen-bond donors (Lipinski definition) is 1. The molecule has 1 saturated heterocycles. The van der Waals surface area contributed by atoms with Gasteiger partial charge in [-0.1, -0.05) is 30.3 Å². The third-order valence-electron chi connectivity index (χ3n) is 4.69. The number of hydrogen-bond acceptors (Lipinski definition) is 4. The third-order valence-corrected chi connectivity index (χ3v) is 6.94. The summed E-state index contributed by atoms with van der Waals surface area (Å²) in [4.78, 5) is 1.21. The summed E-state index contributed by atoms with van der Waals surface area (Å²) in [5.41, 5.74) is 1.02. The van der Waals surface area contributed by atoms with Crippen LogP contribution in [0.5, 0.6) is 0 Å². The summed E-state index contributed by atoms with van der Waals surface area (Å²) in [6.07, 6.45) is 0.719. The number of aromatic nitrogens is 3. The number of sulfone groups is 1. The fourth-order valence-electron chi connectivity index (χ4n) is 3.27. The highest BCUT2D eigenvalue weighted by molar-refractivity contribution is 7.91. The lowest BCUT2D eigenvalue weighted by atomic mass is 10.2. The van der Waals surface area contributed by atoms with Crippen molar-refractivity contribution >= 4 is 22.1 Å². The van der Waals surface area contributed by atoms with Gasteiger partial charge in [-0.05, 0) is 19.1 Å². The molecule has 0 radical (unpaired) electrons. The van der Waals surface area contributed by atoms with Gasteiger partial charge in [0, 0.05) is 19.0 Å². The first-order valence-electron chi connectivity index (χ1n) is 8.15. The molecule has 8 heteroatoms. The molecule has 1 fully saturated rings. The van der Waals surface area contributed by atoms with Crippen LogP contribution in [-0.2, 0) is 23.6 Å². The topological polar surface area (TPSA) is 61.3 Å². The molecule has 0 bridgehead atoms. The molecule has 0 spiro atoms. The predicted molar refractivity (Wildman–Crippen MR) is 96.0 cm³/mol. The van der Waals surface area contributed by atoms with Gasteiger partial charge >= 0.3 is 0 Å². The van der Waals surface area contributed by atoms with Gasteiger partial charge in [-0.25, -0.2) is 8.42 Å². The lowest BCUT2D eigenvalue weighted by Gasteiger charge is -2.22. The van der Waals surface area contributed by atoms with E-state index in [0.717, 1.165) is 24.4 Å². The van der Waals surface area contributed by atoms with E-state index in [1.807, 2.05) is 46.6 Å². The van der Waals surface area contributed by atoms with Crippen molar-refractivity contribution in [3.63, 3.8) is 0 Å². The van der Waals surface area contributed by atoms with Gasteiger partial charge in [-0.2, -0.15) is 4.68 Å². The quantitative estimate of drug-likeness (QED) is 0.789. The number of nitrogens with one attached hydrogen (secondary N) is 1. The minimum absolute atomic E-state index is 0.129. The van der Waals surface area contributed by atoms with Crippen LogP contribution >= 0.6 is 12.2 Å². The summed E-state index contributed by atoms with van der Waals surface area (Å²) in [7, 11) is -0.964. The highest BCUT2D eigenvalue weighted by atomic mass is 32.2. The maximum atomic E-state index is 11.8. The van der Waals surface area contributed by atoms with E-state index in [9.17, 15) is 8.42 Å². The van der Waals surface area contributed by atoms with Gasteiger partial charge in [0.2, 0.25) is 4.77 Å². The zero-order chi connectivity index (χ0) is 17.3. The molecule has 0 amide bonds. The predicted octanol–water partition coefficient (Wildman–Crippen LogP) is 0.667. The molecule has 1 aliphatic heterocycles. The highest BCUT2D eigenvalue weighted by Crippen LogP contribution is 2.16. The zero-order valence-electron chi connectivity index (χ0n) is 14.0. The molecule has 1 aromatic carbocycles. The molecule has 1 N–H and O–H groups in total. The summed E-state index contributed by atoms with van der Waals surface area (Å²) in [5.74, 6) is 1.39. The van der Waals surface area contributed by atoms with Crippen LogP contribution in [0.1, 0.15) is 13.3 Å². The van der Waals surface area contributed by atoms with Crippen molar-refractivity contribution in [3.05, 3.63) is 35.1 Å². The van der Waals surface area contributed by atoms with Crippen LogP contribution in [0.3, 0.4) is 0 Å². The van der Waals surface area contributed by atoms with Crippen molar-refractivity contribution in [3.8, 4) is 11.4 Å². The number of quaternary nitrogens is 1. The maximum absolute atomic E-state index is 11.8. The SMILES string of the molecule is CC[NH+](Cn1nc(-c2ccccc2)n(C)c1=S)[C@H]1CCS(=O)(=O)C1. The van der Waals surface area contributed by atoms with Gasteiger partial charge in [0.15, 0.2) is 22.3 Å². The Bertz CT molecular complexity index is 871. The molecule has 2 heterocycles. The number of nitrogens with zero attached hydrogens (tertiary/aromatic N) is 3. The van der Waals surface area contributed by atoms with Crippen LogP contribution in [0.2, 0.25) is 0 Å². The van der Waals surface area contributed by atoms with Crippen molar-refractivity contribution in [2.45, 2.75) is 26.1 Å². The fraction of sp³-hybridized carbons (Fsp3) is 0.500. The van der Waals surface area contributed by atoms with E-state index in [1.54, 1.807) is 0 Å². The Hall–Kier alpha value is -1.51. The van der Waals surface area contributed by atoms with E-state index in [2.05, 4.69) is 12.0 Å². The van der Waals surface area contributed by atoms with Gasteiger partial charge in [0.05, 0.1) is 12.3 Å². The Balaban J connectivity index is 1.86. The van der Waals surface area contributed by atoms with Gasteiger partial charge in [0.25, 0.3) is 0 Å². The van der Waals surface area contributed by atoms with E-state index in [0.29, 0.717) is 17.2 Å². The van der Waals surface area contributed by atoms with Gasteiger partial charge in [-0.3, -0.25) is 0 Å². The summed E-state index contributed by atoms with van der Waals surface area (Å²) in [5, 5.41) is 4.68. The standard InChI is InChI=1S/C16H22N4O2S2/c1-3-19(14-9-10-24(21,22)11-14)12-20-16(23)18(2)15(17-20)13-7-5-4-6-8-13/h4-8,14H,3,9-12H2,1-2H3/p+1/t14-/m0/s1. The van der Waals surface area contributed by atoms with E-state index < -0.39 is 9.84 Å². The third kappa shape index (κ3) is 3.45. The Labute approximate surface area is 147 Å². The minimum atomic E-state index is -2.88. The Kier molecular flexibility index (Phi) is 4.89. The molecule has 0 aliphatic carbocycles. The average Bonchev–Trinajstić information content (AvgIpc) is 3.07. The summed E-state index contributed by atoms with van der Waals surface area (Å²) >= 11 is 5.53. The molecule has 2 atom stereocenters. The molecule has 3 rings (SSSR count). The van der Waals surface area contributed by atoms with E-state index in [4.69, 9.17) is 12.2 Å². The molecule has 1 unspecified atom stereocenters. The van der Waals surface area contributed by atoms with E-state index >= 15 is 0 Å². The molecule has 1 aliphatic rings. The second kappa shape index (κ2) is 6.78. The molecule has 24 heavy (non-hydrogen) atoms. The lowest BCUT2D eigenvalue weighted by Crippen LogP contribution is -3.15. The maximum Gasteiger partial charge on any atom is 0.202 e. The fourth-order valence-corrected chi connectivity index (χ4v) is 5.29. The largest absolute Gasteiger partial charge is 0.313 e. The first-order valence-corrected chi connectivity index (χ1v) is 10.4. The van der Waals surface area contributed by atoms with Crippen LogP contribution < -0.4 is 4.90 Å². The van der Waals surface area contributed by atoms with E-state index in [1.165, 1.54) is 4.90 Å². The van der Waals surface area contributed by atoms with Gasteiger partial charge in [0.1, 0.15) is 11.8 Å². The summed E-state index contributed by atoms with van der Waals surface area (Å²) < 4.78 is 27.9. The first-order chi connectivity index (χ1) is 11.4. The average molecular weight is 368 g/mol. The van der Waals surface area contributed by atoms with E-state index in [-0.39, 0.29) is 11.8 Å². The monoisotopic (exact) mass is 367 g/mol. The molecular formula is C16H23N4O2S2+. The summed E-state index contributed by atoms with van der Waals surface area (Å²) in [6.45, 7) is 3.51. The highest BCUT2D eigenvalue weighted by Gasteiger charge is 2.35. The van der Waals surface area contributed by atoms with Crippen molar-refractivity contribution in [2.75, 3.05) is 18.1 Å². The van der Waals surface area contributed by atoms with Crippen LogP contribution in [0.4, 0.5) is 0 Å².